The van der Waals surface area contributed by atoms with E-state index in [1.165, 1.54) is 12.8 Å². The Kier molecular flexibility index (Phi) is 5.20. The van der Waals surface area contributed by atoms with E-state index in [0.717, 1.165) is 25.4 Å². The van der Waals surface area contributed by atoms with Gasteiger partial charge in [0, 0.05) is 24.7 Å². The minimum Gasteiger partial charge on any atom is -0.329 e. The van der Waals surface area contributed by atoms with Gasteiger partial charge >= 0.3 is 0 Å². The third-order valence-electron chi connectivity index (χ3n) is 3.70. The molecule has 0 amide bonds. The van der Waals surface area contributed by atoms with Crippen LogP contribution >= 0.6 is 11.6 Å². The average molecular weight is 285 g/mol. The Hall–Kier alpha value is -0.640. The zero-order chi connectivity index (χ0) is 13.8. The lowest BCUT2D eigenvalue weighted by atomic mass is 10.0. The number of nitrogens with zero attached hydrogens (tertiary/aromatic N) is 1. The monoisotopic (exact) mass is 284 g/mol. The molecule has 0 aliphatic heterocycles. The molecular formula is C15H22ClFN2. The average Bonchev–Trinajstić information content (AvgIpc) is 3.19. The summed E-state index contributed by atoms with van der Waals surface area (Å²) in [6.45, 7) is 4.53. The van der Waals surface area contributed by atoms with Crippen molar-refractivity contribution in [3.63, 3.8) is 0 Å². The summed E-state index contributed by atoms with van der Waals surface area (Å²) in [6.07, 6.45) is 3.62. The van der Waals surface area contributed by atoms with Crippen molar-refractivity contribution in [2.45, 2.75) is 32.2 Å². The fourth-order valence-corrected chi connectivity index (χ4v) is 2.73. The topological polar surface area (TPSA) is 29.3 Å². The first kappa shape index (κ1) is 14.8. The van der Waals surface area contributed by atoms with E-state index in [-0.39, 0.29) is 16.9 Å². The molecule has 2 rings (SSSR count). The largest absolute Gasteiger partial charge is 0.329 e. The van der Waals surface area contributed by atoms with E-state index in [4.69, 9.17) is 17.3 Å². The van der Waals surface area contributed by atoms with Crippen molar-refractivity contribution in [3.8, 4) is 0 Å². The zero-order valence-electron chi connectivity index (χ0n) is 11.4. The molecule has 0 radical (unpaired) electrons. The summed E-state index contributed by atoms with van der Waals surface area (Å²) in [6, 6.07) is 5.11. The van der Waals surface area contributed by atoms with Crippen LogP contribution in [0.5, 0.6) is 0 Å². The lowest BCUT2D eigenvalue weighted by Gasteiger charge is -2.31. The van der Waals surface area contributed by atoms with E-state index in [1.807, 2.05) is 0 Å². The maximum Gasteiger partial charge on any atom is 0.146 e. The van der Waals surface area contributed by atoms with Gasteiger partial charge in [-0.25, -0.2) is 4.39 Å². The highest BCUT2D eigenvalue weighted by atomic mass is 35.5. The molecule has 0 saturated heterocycles. The van der Waals surface area contributed by atoms with Crippen molar-refractivity contribution in [1.29, 1.82) is 0 Å². The third kappa shape index (κ3) is 3.68. The first-order valence-electron chi connectivity index (χ1n) is 7.05. The van der Waals surface area contributed by atoms with Crippen LogP contribution in [0, 0.1) is 11.7 Å². The lowest BCUT2D eigenvalue weighted by Crippen LogP contribution is -2.36. The molecule has 0 spiro atoms. The van der Waals surface area contributed by atoms with Gasteiger partial charge in [-0.15, -0.1) is 0 Å². The van der Waals surface area contributed by atoms with E-state index < -0.39 is 0 Å². The Morgan fingerprint density at radius 1 is 1.47 bits per heavy atom. The molecule has 1 saturated carbocycles. The van der Waals surface area contributed by atoms with Crippen molar-refractivity contribution in [2.24, 2.45) is 11.7 Å². The molecule has 106 valence electrons. The molecule has 1 aromatic rings. The molecule has 1 aliphatic rings. The van der Waals surface area contributed by atoms with Gasteiger partial charge in [0.15, 0.2) is 0 Å². The highest BCUT2D eigenvalue weighted by Gasteiger charge is 2.29. The summed E-state index contributed by atoms with van der Waals surface area (Å²) >= 11 is 5.88. The highest BCUT2D eigenvalue weighted by molar-refractivity contribution is 6.30. The van der Waals surface area contributed by atoms with Gasteiger partial charge in [-0.3, -0.25) is 4.90 Å². The summed E-state index contributed by atoms with van der Waals surface area (Å²) < 4.78 is 14.2. The molecule has 1 aromatic carbocycles. The van der Waals surface area contributed by atoms with Crippen LogP contribution in [-0.4, -0.2) is 24.5 Å². The lowest BCUT2D eigenvalue weighted by molar-refractivity contribution is 0.189. The smallest absolute Gasteiger partial charge is 0.146 e. The molecule has 19 heavy (non-hydrogen) atoms. The van der Waals surface area contributed by atoms with Gasteiger partial charge in [0.05, 0.1) is 5.02 Å². The normalized spacial score (nSPS) is 16.9. The molecule has 0 heterocycles. The van der Waals surface area contributed by atoms with Crippen molar-refractivity contribution in [1.82, 2.24) is 4.90 Å². The van der Waals surface area contributed by atoms with Gasteiger partial charge < -0.3 is 5.73 Å². The second-order valence-corrected chi connectivity index (χ2v) is 5.74. The van der Waals surface area contributed by atoms with E-state index in [2.05, 4.69) is 11.8 Å². The van der Waals surface area contributed by atoms with Crippen LogP contribution in [-0.2, 0) is 0 Å². The minimum atomic E-state index is -0.323. The first-order chi connectivity index (χ1) is 9.17. The van der Waals surface area contributed by atoms with Gasteiger partial charge in [-0.05, 0) is 37.8 Å². The van der Waals surface area contributed by atoms with Crippen LogP contribution in [0.4, 0.5) is 4.39 Å². The van der Waals surface area contributed by atoms with Gasteiger partial charge in [0.2, 0.25) is 0 Å². The van der Waals surface area contributed by atoms with E-state index >= 15 is 0 Å². The first-order valence-corrected chi connectivity index (χ1v) is 7.43. The summed E-state index contributed by atoms with van der Waals surface area (Å²) in [7, 11) is 0. The zero-order valence-corrected chi connectivity index (χ0v) is 12.2. The second-order valence-electron chi connectivity index (χ2n) is 5.33. The van der Waals surface area contributed by atoms with Crippen LogP contribution in [0.1, 0.15) is 37.8 Å². The predicted molar refractivity (Wildman–Crippen MR) is 77.8 cm³/mol. The van der Waals surface area contributed by atoms with Crippen LogP contribution < -0.4 is 5.73 Å². The summed E-state index contributed by atoms with van der Waals surface area (Å²) in [5.74, 6) is 0.444. The Morgan fingerprint density at radius 3 is 2.79 bits per heavy atom. The third-order valence-corrected chi connectivity index (χ3v) is 4.00. The van der Waals surface area contributed by atoms with Crippen LogP contribution in [0.25, 0.3) is 0 Å². The Morgan fingerprint density at radius 2 is 2.21 bits per heavy atom. The Bertz CT molecular complexity index is 421. The quantitative estimate of drug-likeness (QED) is 0.829. The van der Waals surface area contributed by atoms with Gasteiger partial charge in [-0.1, -0.05) is 30.7 Å². The van der Waals surface area contributed by atoms with Gasteiger partial charge in [-0.2, -0.15) is 0 Å². The number of rotatable bonds is 7. The molecule has 4 heteroatoms. The van der Waals surface area contributed by atoms with Crippen molar-refractivity contribution < 1.29 is 4.39 Å². The number of hydrogen-bond donors (Lipinski definition) is 1. The molecule has 1 atom stereocenters. The Labute approximate surface area is 119 Å². The summed E-state index contributed by atoms with van der Waals surface area (Å²) in [5.41, 5.74) is 6.53. The highest BCUT2D eigenvalue weighted by Crippen LogP contribution is 2.34. The van der Waals surface area contributed by atoms with Crippen molar-refractivity contribution >= 4 is 11.6 Å². The Balaban J connectivity index is 2.21. The molecule has 0 bridgehead atoms. The SMILES string of the molecule is CCCN(CC1CC1)C(CN)c1cccc(Cl)c1F. The number of nitrogens with two attached hydrogens (primary N) is 1. The molecule has 1 aliphatic carbocycles. The van der Waals surface area contributed by atoms with Crippen LogP contribution in [0.3, 0.4) is 0 Å². The number of benzene rings is 1. The van der Waals surface area contributed by atoms with Crippen molar-refractivity contribution in [3.05, 3.63) is 34.6 Å². The minimum absolute atomic E-state index is 0.0701. The molecule has 1 fully saturated rings. The molecule has 1 unspecified atom stereocenters. The van der Waals surface area contributed by atoms with Crippen molar-refractivity contribution in [2.75, 3.05) is 19.6 Å². The second kappa shape index (κ2) is 6.69. The maximum atomic E-state index is 14.2. The molecule has 2 N–H and O–H groups in total. The van der Waals surface area contributed by atoms with E-state index in [0.29, 0.717) is 12.1 Å². The fourth-order valence-electron chi connectivity index (χ4n) is 2.54. The standard InChI is InChI=1S/C15H22ClFN2/c1-2-8-19(10-11-6-7-11)14(9-18)12-4-3-5-13(16)15(12)17/h3-5,11,14H,2,6-10,18H2,1H3. The van der Waals surface area contributed by atoms with E-state index in [1.54, 1.807) is 18.2 Å². The van der Waals surface area contributed by atoms with Crippen LogP contribution in [0.15, 0.2) is 18.2 Å². The molecule has 0 aromatic heterocycles. The van der Waals surface area contributed by atoms with Gasteiger partial charge in [0.25, 0.3) is 0 Å². The number of halogens is 2. The van der Waals surface area contributed by atoms with Gasteiger partial charge in [0.1, 0.15) is 5.82 Å². The molecule has 2 nitrogen and oxygen atoms in total. The fraction of sp³-hybridized carbons (Fsp3) is 0.600. The summed E-state index contributed by atoms with van der Waals surface area (Å²) in [5, 5.41) is 0.179. The summed E-state index contributed by atoms with van der Waals surface area (Å²) in [4.78, 5) is 2.31. The number of hydrogen-bond acceptors (Lipinski definition) is 2. The van der Waals surface area contributed by atoms with E-state index in [9.17, 15) is 4.39 Å². The maximum absolute atomic E-state index is 14.2. The molecular weight excluding hydrogens is 263 g/mol. The van der Waals surface area contributed by atoms with Crippen LogP contribution in [0.2, 0.25) is 5.02 Å². The predicted octanol–water partition coefficient (Wildman–Crippen LogP) is 3.60.